The lowest BCUT2D eigenvalue weighted by atomic mass is 10.2. The van der Waals surface area contributed by atoms with Gasteiger partial charge in [0.1, 0.15) is 6.54 Å². The fourth-order valence-electron chi connectivity index (χ4n) is 1.73. The van der Waals surface area contributed by atoms with Gasteiger partial charge in [0.15, 0.2) is 6.10 Å². The summed E-state index contributed by atoms with van der Waals surface area (Å²) in [6.07, 6.45) is 1.89. The van der Waals surface area contributed by atoms with Gasteiger partial charge in [0.05, 0.1) is 34.2 Å². The Morgan fingerprint density at radius 2 is 1.70 bits per heavy atom. The van der Waals surface area contributed by atoms with Crippen LogP contribution in [0.4, 0.5) is 0 Å². The molecular formula is C14H28ClNO4. The molecule has 120 valence electrons. The predicted molar refractivity (Wildman–Crippen MR) is 73.6 cm³/mol. The van der Waals surface area contributed by atoms with E-state index >= 15 is 0 Å². The first-order valence-electron chi connectivity index (χ1n) is 6.94. The third kappa shape index (κ3) is 12.2. The summed E-state index contributed by atoms with van der Waals surface area (Å²) in [6.45, 7) is 4.73. The maximum absolute atomic E-state index is 11.7. The molecule has 0 spiro atoms. The lowest BCUT2D eigenvalue weighted by molar-refractivity contribution is -0.873. The Labute approximate surface area is 128 Å². The largest absolute Gasteiger partial charge is 1.00 e. The number of ether oxygens (including phenoxy) is 2. The van der Waals surface area contributed by atoms with Crippen molar-refractivity contribution in [2.75, 3.05) is 34.3 Å². The molecule has 0 aliphatic heterocycles. The molecule has 0 aromatic carbocycles. The van der Waals surface area contributed by atoms with Crippen LogP contribution in [0.2, 0.25) is 0 Å². The van der Waals surface area contributed by atoms with Crippen molar-refractivity contribution >= 4 is 11.9 Å². The summed E-state index contributed by atoms with van der Waals surface area (Å²) in [7, 11) is 5.99. The monoisotopic (exact) mass is 309 g/mol. The SMILES string of the molecule is CCCCC(=O)O[C@H](CC(=O)OCC)C[N+](C)(C)C.[Cl-]. The molecule has 0 bridgehead atoms. The first-order valence-corrected chi connectivity index (χ1v) is 6.94. The molecule has 0 amide bonds. The van der Waals surface area contributed by atoms with Crippen molar-refractivity contribution in [1.82, 2.24) is 0 Å². The second-order valence-electron chi connectivity index (χ2n) is 5.70. The minimum atomic E-state index is -0.414. The smallest absolute Gasteiger partial charge is 0.309 e. The molecule has 6 heteroatoms. The number of nitrogens with zero attached hydrogens (tertiary/aromatic N) is 1. The number of esters is 2. The van der Waals surface area contributed by atoms with Gasteiger partial charge in [0.2, 0.25) is 0 Å². The third-order valence-corrected chi connectivity index (χ3v) is 2.48. The van der Waals surface area contributed by atoms with Crippen LogP contribution in [0.5, 0.6) is 0 Å². The lowest BCUT2D eigenvalue weighted by Gasteiger charge is -2.28. The summed E-state index contributed by atoms with van der Waals surface area (Å²) in [4.78, 5) is 23.2. The maximum atomic E-state index is 11.7. The Kier molecular flexibility index (Phi) is 11.7. The number of hydrogen-bond acceptors (Lipinski definition) is 4. The topological polar surface area (TPSA) is 52.6 Å². The highest BCUT2D eigenvalue weighted by atomic mass is 35.5. The van der Waals surface area contributed by atoms with Crippen LogP contribution >= 0.6 is 0 Å². The molecular weight excluding hydrogens is 282 g/mol. The van der Waals surface area contributed by atoms with Gasteiger partial charge in [0, 0.05) is 6.42 Å². The average molecular weight is 310 g/mol. The van der Waals surface area contributed by atoms with Crippen LogP contribution in [0.1, 0.15) is 39.5 Å². The quantitative estimate of drug-likeness (QED) is 0.395. The van der Waals surface area contributed by atoms with E-state index < -0.39 is 6.10 Å². The average Bonchev–Trinajstić information content (AvgIpc) is 2.24. The van der Waals surface area contributed by atoms with E-state index in [9.17, 15) is 9.59 Å². The Morgan fingerprint density at radius 1 is 1.10 bits per heavy atom. The van der Waals surface area contributed by atoms with Gasteiger partial charge >= 0.3 is 11.9 Å². The number of likely N-dealkylation sites (N-methyl/N-ethyl adjacent to an activating group) is 1. The zero-order valence-electron chi connectivity index (χ0n) is 13.3. The molecule has 0 N–H and O–H groups in total. The highest BCUT2D eigenvalue weighted by Crippen LogP contribution is 2.09. The van der Waals surface area contributed by atoms with E-state index in [-0.39, 0.29) is 30.8 Å². The Morgan fingerprint density at radius 3 is 2.15 bits per heavy atom. The number of carbonyl (C=O) groups excluding carboxylic acids is 2. The van der Waals surface area contributed by atoms with Crippen LogP contribution in [0, 0.1) is 0 Å². The second kappa shape index (κ2) is 10.9. The van der Waals surface area contributed by atoms with E-state index in [1.165, 1.54) is 0 Å². The van der Waals surface area contributed by atoms with Crippen molar-refractivity contribution in [2.24, 2.45) is 0 Å². The molecule has 0 aliphatic rings. The van der Waals surface area contributed by atoms with Crippen molar-refractivity contribution in [3.05, 3.63) is 0 Å². The molecule has 5 nitrogen and oxygen atoms in total. The molecule has 0 radical (unpaired) electrons. The van der Waals surface area contributed by atoms with Gasteiger partial charge in [0.25, 0.3) is 0 Å². The molecule has 0 unspecified atom stereocenters. The van der Waals surface area contributed by atoms with Crippen molar-refractivity contribution < 1.29 is 36.0 Å². The van der Waals surface area contributed by atoms with Crippen LogP contribution in [0.15, 0.2) is 0 Å². The molecule has 0 aromatic heterocycles. The number of unbranched alkanes of at least 4 members (excludes halogenated alkanes) is 1. The van der Waals surface area contributed by atoms with Gasteiger partial charge in [-0.3, -0.25) is 9.59 Å². The van der Waals surface area contributed by atoms with E-state index in [0.29, 0.717) is 24.1 Å². The zero-order valence-corrected chi connectivity index (χ0v) is 14.0. The van der Waals surface area contributed by atoms with E-state index in [2.05, 4.69) is 0 Å². The highest BCUT2D eigenvalue weighted by molar-refractivity contribution is 5.72. The summed E-state index contributed by atoms with van der Waals surface area (Å²) < 4.78 is 10.9. The first kappa shape index (κ1) is 21.5. The van der Waals surface area contributed by atoms with Gasteiger partial charge in [-0.1, -0.05) is 13.3 Å². The maximum Gasteiger partial charge on any atom is 0.309 e. The Bertz CT molecular complexity index is 289. The number of rotatable bonds is 9. The number of quaternary nitrogens is 1. The van der Waals surface area contributed by atoms with Crippen LogP contribution in [-0.4, -0.2) is 56.8 Å². The number of carbonyl (C=O) groups is 2. The van der Waals surface area contributed by atoms with Gasteiger partial charge in [-0.2, -0.15) is 0 Å². The highest BCUT2D eigenvalue weighted by Gasteiger charge is 2.25. The van der Waals surface area contributed by atoms with Gasteiger partial charge in [-0.05, 0) is 13.3 Å². The van der Waals surface area contributed by atoms with E-state index in [1.807, 2.05) is 28.1 Å². The summed E-state index contributed by atoms with van der Waals surface area (Å²) in [6, 6.07) is 0. The van der Waals surface area contributed by atoms with Crippen molar-refractivity contribution in [1.29, 1.82) is 0 Å². The summed E-state index contributed by atoms with van der Waals surface area (Å²) in [5.41, 5.74) is 0. The molecule has 0 rings (SSSR count). The molecule has 0 saturated carbocycles. The van der Waals surface area contributed by atoms with Crippen LogP contribution in [0.3, 0.4) is 0 Å². The molecule has 0 saturated heterocycles. The molecule has 20 heavy (non-hydrogen) atoms. The van der Waals surface area contributed by atoms with E-state index in [0.717, 1.165) is 12.8 Å². The Balaban J connectivity index is 0. The Hall–Kier alpha value is -0.810. The molecule has 0 aliphatic carbocycles. The van der Waals surface area contributed by atoms with Gasteiger partial charge in [-0.15, -0.1) is 0 Å². The fraction of sp³-hybridized carbons (Fsp3) is 0.857. The fourth-order valence-corrected chi connectivity index (χ4v) is 1.73. The van der Waals surface area contributed by atoms with Crippen molar-refractivity contribution in [2.45, 2.75) is 45.6 Å². The van der Waals surface area contributed by atoms with Crippen LogP contribution < -0.4 is 12.4 Å². The van der Waals surface area contributed by atoms with Crippen LogP contribution in [-0.2, 0) is 19.1 Å². The zero-order chi connectivity index (χ0) is 14.9. The molecule has 0 aromatic rings. The van der Waals surface area contributed by atoms with Gasteiger partial charge in [-0.25, -0.2) is 0 Å². The summed E-state index contributed by atoms with van der Waals surface area (Å²) in [5, 5.41) is 0. The number of hydrogen-bond donors (Lipinski definition) is 0. The summed E-state index contributed by atoms with van der Waals surface area (Å²) in [5.74, 6) is -0.547. The normalized spacial score (nSPS) is 12.2. The summed E-state index contributed by atoms with van der Waals surface area (Å²) >= 11 is 0. The molecule has 0 fully saturated rings. The van der Waals surface area contributed by atoms with E-state index in [1.54, 1.807) is 6.92 Å². The number of halogens is 1. The molecule has 1 atom stereocenters. The molecule has 0 heterocycles. The van der Waals surface area contributed by atoms with Gasteiger partial charge < -0.3 is 26.4 Å². The van der Waals surface area contributed by atoms with Crippen molar-refractivity contribution in [3.8, 4) is 0 Å². The lowest BCUT2D eigenvalue weighted by Crippen LogP contribution is -3.00. The van der Waals surface area contributed by atoms with Crippen LogP contribution in [0.25, 0.3) is 0 Å². The minimum absolute atomic E-state index is 0. The standard InChI is InChI=1S/C14H28NO4.ClH/c1-6-8-9-13(16)19-12(11-15(3,4)5)10-14(17)18-7-2;/h12H,6-11H2,1-5H3;1H/q+1;/p-1/t12-;/m1./s1. The van der Waals surface area contributed by atoms with Crippen molar-refractivity contribution in [3.63, 3.8) is 0 Å². The third-order valence-electron chi connectivity index (χ3n) is 2.48. The minimum Gasteiger partial charge on any atom is -1.00 e. The predicted octanol–water partition coefficient (Wildman–Crippen LogP) is -1.25. The second-order valence-corrected chi connectivity index (χ2v) is 5.70. The van der Waals surface area contributed by atoms with E-state index in [4.69, 9.17) is 9.47 Å². The first-order chi connectivity index (χ1) is 8.78.